The third-order valence-electron chi connectivity index (χ3n) is 7.39. The maximum atomic E-state index is 4.69. The number of hydrogen-bond acceptors (Lipinski definition) is 2. The minimum atomic E-state index is 1.07. The first-order valence-electron chi connectivity index (χ1n) is 11.4. The summed E-state index contributed by atoms with van der Waals surface area (Å²) in [6.45, 7) is 4.45. The first kappa shape index (κ1) is 17.8. The summed E-state index contributed by atoms with van der Waals surface area (Å²) < 4.78 is 2.75. The zero-order valence-electron chi connectivity index (χ0n) is 18.4. The molecule has 0 saturated heterocycles. The predicted octanol–water partition coefficient (Wildman–Crippen LogP) is 9.17. The van der Waals surface area contributed by atoms with Gasteiger partial charge < -0.3 is 0 Å². The average Bonchev–Trinajstić information content (AvgIpc) is 3.35. The molecule has 2 aromatic heterocycles. The molecule has 0 aliphatic heterocycles. The lowest BCUT2D eigenvalue weighted by molar-refractivity contribution is 1.42. The number of pyridine rings is 1. The Morgan fingerprint density at radius 2 is 1.48 bits per heavy atom. The highest BCUT2D eigenvalue weighted by Crippen LogP contribution is 2.53. The monoisotopic (exact) mass is 437 g/mol. The third-order valence-corrected chi connectivity index (χ3v) is 8.49. The van der Waals surface area contributed by atoms with Crippen molar-refractivity contribution in [2.24, 2.45) is 0 Å². The molecule has 7 aromatic rings. The van der Waals surface area contributed by atoms with E-state index in [1.807, 2.05) is 23.6 Å². The van der Waals surface area contributed by atoms with Crippen molar-refractivity contribution in [1.82, 2.24) is 4.98 Å². The van der Waals surface area contributed by atoms with Gasteiger partial charge in [0.2, 0.25) is 0 Å². The molecule has 2 heteroatoms. The maximum Gasteiger partial charge on any atom is 0.0714 e. The minimum Gasteiger partial charge on any atom is -0.256 e. The van der Waals surface area contributed by atoms with Gasteiger partial charge in [0, 0.05) is 31.8 Å². The Hall–Kier alpha value is -3.75. The van der Waals surface area contributed by atoms with Gasteiger partial charge in [-0.2, -0.15) is 0 Å². The molecule has 0 bridgehead atoms. The van der Waals surface area contributed by atoms with Gasteiger partial charge in [-0.05, 0) is 93.0 Å². The van der Waals surface area contributed by atoms with E-state index >= 15 is 0 Å². The van der Waals surface area contributed by atoms with Crippen LogP contribution in [0.1, 0.15) is 11.1 Å². The maximum absolute atomic E-state index is 4.69. The Balaban J connectivity index is 1.59. The second kappa shape index (κ2) is 5.98. The first-order chi connectivity index (χ1) is 16.2. The highest BCUT2D eigenvalue weighted by molar-refractivity contribution is 7.26. The number of nitrogens with zero attached hydrogens (tertiary/aromatic N) is 1. The zero-order chi connectivity index (χ0) is 21.8. The van der Waals surface area contributed by atoms with E-state index in [1.54, 1.807) is 0 Å². The van der Waals surface area contributed by atoms with E-state index in [0.29, 0.717) is 0 Å². The van der Waals surface area contributed by atoms with Crippen LogP contribution in [0.2, 0.25) is 0 Å². The highest BCUT2D eigenvalue weighted by Gasteiger charge is 2.26. The summed E-state index contributed by atoms with van der Waals surface area (Å²) in [4.78, 5) is 4.69. The summed E-state index contributed by atoms with van der Waals surface area (Å²) in [6.07, 6.45) is 1.89. The lowest BCUT2D eigenvalue weighted by Gasteiger charge is -2.12. The first-order valence-corrected chi connectivity index (χ1v) is 12.2. The van der Waals surface area contributed by atoms with Crippen LogP contribution in [0.25, 0.3) is 74.9 Å². The van der Waals surface area contributed by atoms with Crippen molar-refractivity contribution in [3.05, 3.63) is 90.1 Å². The van der Waals surface area contributed by atoms with E-state index < -0.39 is 0 Å². The van der Waals surface area contributed by atoms with Gasteiger partial charge in [-0.3, -0.25) is 4.98 Å². The Bertz CT molecular complexity index is 1990. The van der Waals surface area contributed by atoms with Gasteiger partial charge in [0.25, 0.3) is 0 Å². The molecular formula is C31H19NS. The molecule has 0 atom stereocenters. The second-order valence-electron chi connectivity index (χ2n) is 9.30. The van der Waals surface area contributed by atoms with E-state index in [9.17, 15) is 0 Å². The minimum absolute atomic E-state index is 1.07. The molecule has 2 heterocycles. The van der Waals surface area contributed by atoms with Gasteiger partial charge in [0.15, 0.2) is 0 Å². The summed E-state index contributed by atoms with van der Waals surface area (Å²) in [5, 5.41) is 9.42. The van der Waals surface area contributed by atoms with Gasteiger partial charge in [-0.15, -0.1) is 11.3 Å². The molecule has 33 heavy (non-hydrogen) atoms. The molecule has 8 rings (SSSR count). The molecule has 1 nitrogen and oxygen atoms in total. The van der Waals surface area contributed by atoms with E-state index in [2.05, 4.69) is 80.6 Å². The predicted molar refractivity (Wildman–Crippen MR) is 144 cm³/mol. The van der Waals surface area contributed by atoms with Gasteiger partial charge in [-0.25, -0.2) is 0 Å². The van der Waals surface area contributed by atoms with Gasteiger partial charge in [0.1, 0.15) is 0 Å². The van der Waals surface area contributed by atoms with Crippen LogP contribution in [0, 0.1) is 13.8 Å². The Labute approximate surface area is 194 Å². The smallest absolute Gasteiger partial charge is 0.0714 e. The number of rotatable bonds is 0. The van der Waals surface area contributed by atoms with Crippen LogP contribution in [-0.4, -0.2) is 4.98 Å². The molecule has 5 aromatic carbocycles. The Morgan fingerprint density at radius 1 is 0.606 bits per heavy atom. The number of aryl methyl sites for hydroxylation is 2. The van der Waals surface area contributed by atoms with Crippen molar-refractivity contribution < 1.29 is 0 Å². The van der Waals surface area contributed by atoms with Crippen molar-refractivity contribution in [2.75, 3.05) is 0 Å². The topological polar surface area (TPSA) is 12.9 Å². The second-order valence-corrected chi connectivity index (χ2v) is 10.4. The normalized spacial score (nSPS) is 12.5. The van der Waals surface area contributed by atoms with Crippen LogP contribution in [0.5, 0.6) is 0 Å². The Morgan fingerprint density at radius 3 is 2.42 bits per heavy atom. The number of fused-ring (bicyclic) bond motifs is 11. The van der Waals surface area contributed by atoms with Crippen LogP contribution >= 0.6 is 11.3 Å². The van der Waals surface area contributed by atoms with Crippen molar-refractivity contribution in [3.8, 4) is 22.3 Å². The molecule has 0 unspecified atom stereocenters. The van der Waals surface area contributed by atoms with Crippen LogP contribution in [0.15, 0.2) is 79.0 Å². The van der Waals surface area contributed by atoms with Gasteiger partial charge in [0.05, 0.1) is 5.52 Å². The summed E-state index contributed by atoms with van der Waals surface area (Å²) in [6, 6.07) is 27.3. The van der Waals surface area contributed by atoms with Crippen LogP contribution in [-0.2, 0) is 0 Å². The van der Waals surface area contributed by atoms with E-state index in [1.165, 1.54) is 80.5 Å². The molecule has 0 radical (unpaired) electrons. The van der Waals surface area contributed by atoms with Crippen LogP contribution in [0.4, 0.5) is 0 Å². The summed E-state index contributed by atoms with van der Waals surface area (Å²) >= 11 is 1.91. The largest absolute Gasteiger partial charge is 0.256 e. The molecule has 1 aliphatic rings. The molecule has 0 spiro atoms. The standard InChI is InChI=1S/C31H19NS/c1-16-8-9-21-26(13-16)33-27-14-17(2)28-23(30(21)27)11-10-20-24-15-25-18(7-4-12-32-25)19-5-3-6-22(29(19)24)31(20)28/h3-15H,1-2H3. The molecule has 0 amide bonds. The highest BCUT2D eigenvalue weighted by atomic mass is 32.1. The molecule has 0 saturated carbocycles. The fourth-order valence-corrected chi connectivity index (χ4v) is 7.37. The number of hydrogen-bond donors (Lipinski definition) is 0. The molecule has 154 valence electrons. The van der Waals surface area contributed by atoms with Crippen LogP contribution < -0.4 is 0 Å². The van der Waals surface area contributed by atoms with Crippen molar-refractivity contribution in [2.45, 2.75) is 13.8 Å². The molecule has 0 fully saturated rings. The summed E-state index contributed by atoms with van der Waals surface area (Å²) in [5.74, 6) is 0. The van der Waals surface area contributed by atoms with Crippen molar-refractivity contribution in [3.63, 3.8) is 0 Å². The molecular weight excluding hydrogens is 418 g/mol. The number of aromatic nitrogens is 1. The summed E-state index contributed by atoms with van der Waals surface area (Å²) in [5.41, 5.74) is 9.12. The number of thiophene rings is 1. The van der Waals surface area contributed by atoms with E-state index in [-0.39, 0.29) is 0 Å². The molecule has 1 aliphatic carbocycles. The SMILES string of the molecule is Cc1ccc2c(c1)sc1cc(C)c3c4c(ccc3c12)-c1cc2ncccc2c2cccc-4c12. The summed E-state index contributed by atoms with van der Waals surface area (Å²) in [7, 11) is 0. The average molecular weight is 438 g/mol. The van der Waals surface area contributed by atoms with Crippen LogP contribution in [0.3, 0.4) is 0 Å². The molecule has 0 N–H and O–H groups in total. The van der Waals surface area contributed by atoms with Gasteiger partial charge in [-0.1, -0.05) is 48.5 Å². The Kier molecular flexibility index (Phi) is 3.22. The van der Waals surface area contributed by atoms with Crippen molar-refractivity contribution in [1.29, 1.82) is 0 Å². The quantitative estimate of drug-likeness (QED) is 0.215. The fourth-order valence-electron chi connectivity index (χ4n) is 6.05. The lowest BCUT2D eigenvalue weighted by atomic mass is 9.91. The zero-order valence-corrected chi connectivity index (χ0v) is 19.2. The lowest BCUT2D eigenvalue weighted by Crippen LogP contribution is -1.86. The fraction of sp³-hybridized carbons (Fsp3) is 0.0645. The third kappa shape index (κ3) is 2.15. The van der Waals surface area contributed by atoms with E-state index in [0.717, 1.165) is 5.52 Å². The number of benzene rings is 5. The van der Waals surface area contributed by atoms with Crippen molar-refractivity contribution >= 4 is 64.0 Å². The van der Waals surface area contributed by atoms with Gasteiger partial charge >= 0.3 is 0 Å². The van der Waals surface area contributed by atoms with E-state index in [4.69, 9.17) is 4.98 Å².